The first-order valence-corrected chi connectivity index (χ1v) is 9.36. The van der Waals surface area contributed by atoms with Gasteiger partial charge in [0.25, 0.3) is 5.69 Å². The predicted octanol–water partition coefficient (Wildman–Crippen LogP) is 6.07. The van der Waals surface area contributed by atoms with Crippen molar-refractivity contribution >= 4 is 40.1 Å². The molecule has 0 unspecified atom stereocenters. The third-order valence-corrected chi connectivity index (χ3v) is 4.64. The number of nitrogens with zero attached hydrogens (tertiary/aromatic N) is 2. The minimum atomic E-state index is -0.409. The number of non-ortho nitro benzene ring substituents is 1. The minimum absolute atomic E-state index is 0.0688. The monoisotopic (exact) mass is 397 g/mol. The van der Waals surface area contributed by atoms with Gasteiger partial charge in [-0.15, -0.1) is 0 Å². The number of anilines is 2. The highest BCUT2D eigenvalue weighted by Gasteiger charge is 2.08. The average molecular weight is 397 g/mol. The summed E-state index contributed by atoms with van der Waals surface area (Å²) in [7, 11) is 1.64. The van der Waals surface area contributed by atoms with Crippen LogP contribution in [0.4, 0.5) is 17.1 Å². The largest absolute Gasteiger partial charge is 0.497 e. The van der Waals surface area contributed by atoms with Gasteiger partial charge in [0.05, 0.1) is 28.9 Å². The van der Waals surface area contributed by atoms with Gasteiger partial charge < -0.3 is 10.1 Å². The Labute approximate surface area is 173 Å². The molecule has 6 heteroatoms. The second kappa shape index (κ2) is 8.45. The second-order valence-corrected chi connectivity index (χ2v) is 6.65. The van der Waals surface area contributed by atoms with Crippen molar-refractivity contribution in [2.24, 2.45) is 0 Å². The van der Waals surface area contributed by atoms with Crippen LogP contribution >= 0.6 is 0 Å². The maximum Gasteiger partial charge on any atom is 0.269 e. The van der Waals surface area contributed by atoms with Gasteiger partial charge in [0, 0.05) is 23.2 Å². The number of pyridine rings is 1. The molecule has 148 valence electrons. The summed E-state index contributed by atoms with van der Waals surface area (Å²) < 4.78 is 5.37. The van der Waals surface area contributed by atoms with E-state index in [4.69, 9.17) is 9.72 Å². The first-order chi connectivity index (χ1) is 14.6. The summed E-state index contributed by atoms with van der Waals surface area (Å²) in [5, 5.41) is 15.2. The predicted molar refractivity (Wildman–Crippen MR) is 120 cm³/mol. The fourth-order valence-corrected chi connectivity index (χ4v) is 3.11. The molecule has 0 aliphatic carbocycles. The Hall–Kier alpha value is -4.19. The van der Waals surface area contributed by atoms with Crippen molar-refractivity contribution in [3.05, 3.63) is 100 Å². The standard InChI is InChI=1S/C24H19N3O3/c1-30-21-13-14-23-22(16-21)24(25-18-5-3-2-4-6-18)15-19(26-23)10-7-17-8-11-20(12-9-17)27(28)29/h2-16H,1H3,(H,25,26)/b10-7+. The summed E-state index contributed by atoms with van der Waals surface area (Å²) in [5.74, 6) is 0.759. The zero-order valence-electron chi connectivity index (χ0n) is 16.3. The van der Waals surface area contributed by atoms with Crippen LogP contribution in [0.2, 0.25) is 0 Å². The molecule has 4 aromatic rings. The van der Waals surface area contributed by atoms with Gasteiger partial charge in [-0.1, -0.05) is 24.3 Å². The normalized spacial score (nSPS) is 11.0. The van der Waals surface area contributed by atoms with Crippen LogP contribution in [-0.4, -0.2) is 17.0 Å². The van der Waals surface area contributed by atoms with Crippen LogP contribution < -0.4 is 10.1 Å². The fourth-order valence-electron chi connectivity index (χ4n) is 3.11. The number of hydrogen-bond acceptors (Lipinski definition) is 5. The Morgan fingerprint density at radius 1 is 0.967 bits per heavy atom. The number of nitrogens with one attached hydrogen (secondary N) is 1. The SMILES string of the molecule is COc1ccc2nc(/C=C/c3ccc([N+](=O)[O-])cc3)cc(Nc3ccccc3)c2c1. The van der Waals surface area contributed by atoms with Crippen molar-refractivity contribution in [1.29, 1.82) is 0 Å². The molecule has 0 bridgehead atoms. The molecule has 0 saturated heterocycles. The van der Waals surface area contributed by atoms with E-state index in [1.165, 1.54) is 12.1 Å². The lowest BCUT2D eigenvalue weighted by atomic mass is 10.1. The summed E-state index contributed by atoms with van der Waals surface area (Å²) >= 11 is 0. The third kappa shape index (κ3) is 4.28. The molecule has 0 radical (unpaired) electrons. The highest BCUT2D eigenvalue weighted by atomic mass is 16.6. The summed E-state index contributed by atoms with van der Waals surface area (Å²) in [6.07, 6.45) is 3.77. The zero-order valence-corrected chi connectivity index (χ0v) is 16.3. The molecular weight excluding hydrogens is 378 g/mol. The molecule has 1 heterocycles. The number of fused-ring (bicyclic) bond motifs is 1. The van der Waals surface area contributed by atoms with Gasteiger partial charge in [-0.05, 0) is 60.2 Å². The van der Waals surface area contributed by atoms with E-state index < -0.39 is 4.92 Å². The molecule has 1 aromatic heterocycles. The molecule has 0 aliphatic rings. The van der Waals surface area contributed by atoms with E-state index in [1.54, 1.807) is 19.2 Å². The molecule has 0 atom stereocenters. The second-order valence-electron chi connectivity index (χ2n) is 6.65. The van der Waals surface area contributed by atoms with Crippen LogP contribution in [0.3, 0.4) is 0 Å². The van der Waals surface area contributed by atoms with Gasteiger partial charge in [-0.3, -0.25) is 10.1 Å². The van der Waals surface area contributed by atoms with Gasteiger partial charge in [-0.25, -0.2) is 4.98 Å². The van der Waals surface area contributed by atoms with E-state index in [-0.39, 0.29) is 5.69 Å². The number of rotatable bonds is 6. The maximum atomic E-state index is 10.8. The Morgan fingerprint density at radius 2 is 1.73 bits per heavy atom. The average Bonchev–Trinajstić information content (AvgIpc) is 2.78. The van der Waals surface area contributed by atoms with E-state index >= 15 is 0 Å². The Bertz CT molecular complexity index is 1220. The van der Waals surface area contributed by atoms with E-state index in [2.05, 4.69) is 5.32 Å². The van der Waals surface area contributed by atoms with Crippen molar-refractivity contribution in [2.45, 2.75) is 0 Å². The molecule has 1 N–H and O–H groups in total. The molecular formula is C24H19N3O3. The summed E-state index contributed by atoms with van der Waals surface area (Å²) in [6.45, 7) is 0. The molecule has 0 fully saturated rings. The topological polar surface area (TPSA) is 77.3 Å². The smallest absolute Gasteiger partial charge is 0.269 e. The van der Waals surface area contributed by atoms with Crippen LogP contribution in [0, 0.1) is 10.1 Å². The van der Waals surface area contributed by atoms with Gasteiger partial charge in [0.1, 0.15) is 5.75 Å². The maximum absolute atomic E-state index is 10.8. The van der Waals surface area contributed by atoms with Crippen LogP contribution in [0.5, 0.6) is 5.75 Å². The van der Waals surface area contributed by atoms with E-state index in [0.717, 1.165) is 39.3 Å². The first kappa shape index (κ1) is 19.1. The van der Waals surface area contributed by atoms with Crippen molar-refractivity contribution in [2.75, 3.05) is 12.4 Å². The number of ether oxygens (including phenoxy) is 1. The molecule has 0 amide bonds. The number of para-hydroxylation sites is 1. The fraction of sp³-hybridized carbons (Fsp3) is 0.0417. The number of aromatic nitrogens is 1. The number of nitro groups is 1. The molecule has 30 heavy (non-hydrogen) atoms. The van der Waals surface area contributed by atoms with Gasteiger partial charge in [0.2, 0.25) is 0 Å². The van der Waals surface area contributed by atoms with Crippen molar-refractivity contribution < 1.29 is 9.66 Å². The number of benzene rings is 3. The molecule has 3 aromatic carbocycles. The Morgan fingerprint density at radius 3 is 2.43 bits per heavy atom. The van der Waals surface area contributed by atoms with Crippen LogP contribution in [-0.2, 0) is 0 Å². The molecule has 6 nitrogen and oxygen atoms in total. The molecule has 4 rings (SSSR count). The third-order valence-electron chi connectivity index (χ3n) is 4.64. The lowest BCUT2D eigenvalue weighted by Gasteiger charge is -2.12. The zero-order chi connectivity index (χ0) is 20.9. The molecule has 0 saturated carbocycles. The first-order valence-electron chi connectivity index (χ1n) is 9.36. The van der Waals surface area contributed by atoms with Gasteiger partial charge in [-0.2, -0.15) is 0 Å². The Balaban J connectivity index is 1.72. The van der Waals surface area contributed by atoms with Gasteiger partial charge in [0.15, 0.2) is 0 Å². The van der Waals surface area contributed by atoms with Crippen molar-refractivity contribution in [3.8, 4) is 5.75 Å². The molecule has 0 spiro atoms. The molecule has 0 aliphatic heterocycles. The van der Waals surface area contributed by atoms with Crippen LogP contribution in [0.1, 0.15) is 11.3 Å². The number of methoxy groups -OCH3 is 1. The van der Waals surface area contributed by atoms with Crippen molar-refractivity contribution in [3.63, 3.8) is 0 Å². The van der Waals surface area contributed by atoms with Crippen LogP contribution in [0.15, 0.2) is 78.9 Å². The quantitative estimate of drug-likeness (QED) is 0.316. The van der Waals surface area contributed by atoms with E-state index in [0.29, 0.717) is 0 Å². The lowest BCUT2D eigenvalue weighted by Crippen LogP contribution is -1.95. The summed E-state index contributed by atoms with van der Waals surface area (Å²) in [4.78, 5) is 15.1. The highest BCUT2D eigenvalue weighted by molar-refractivity contribution is 5.95. The summed E-state index contributed by atoms with van der Waals surface area (Å²) in [5.41, 5.74) is 4.41. The Kier molecular flexibility index (Phi) is 5.39. The van der Waals surface area contributed by atoms with Crippen molar-refractivity contribution in [1.82, 2.24) is 4.98 Å². The minimum Gasteiger partial charge on any atom is -0.497 e. The van der Waals surface area contributed by atoms with E-state index in [9.17, 15) is 10.1 Å². The lowest BCUT2D eigenvalue weighted by molar-refractivity contribution is -0.384. The highest BCUT2D eigenvalue weighted by Crippen LogP contribution is 2.30. The number of hydrogen-bond donors (Lipinski definition) is 1. The summed E-state index contributed by atoms with van der Waals surface area (Å²) in [6, 6.07) is 24.0. The number of nitro benzene ring substituents is 1. The van der Waals surface area contributed by atoms with Crippen LogP contribution in [0.25, 0.3) is 23.1 Å². The van der Waals surface area contributed by atoms with E-state index in [1.807, 2.05) is 66.7 Å². The van der Waals surface area contributed by atoms with Gasteiger partial charge >= 0.3 is 0 Å².